The Bertz CT molecular complexity index is 1000. The third kappa shape index (κ3) is 4.69. The lowest BCUT2D eigenvalue weighted by molar-refractivity contribution is 0.0957. The molecule has 1 saturated heterocycles. The van der Waals surface area contributed by atoms with Crippen LogP contribution in [-0.2, 0) is 11.2 Å². The van der Waals surface area contributed by atoms with Crippen LogP contribution in [0.4, 0.5) is 5.82 Å². The molecule has 1 aliphatic rings. The van der Waals surface area contributed by atoms with Gasteiger partial charge in [0.2, 0.25) is 0 Å². The summed E-state index contributed by atoms with van der Waals surface area (Å²) in [5.74, 6) is 0.684. The fraction of sp³-hybridized carbons (Fsp3) is 0.381. The zero-order valence-electron chi connectivity index (χ0n) is 16.2. The van der Waals surface area contributed by atoms with Gasteiger partial charge in [-0.2, -0.15) is 0 Å². The number of halogens is 1. The lowest BCUT2D eigenvalue weighted by Crippen LogP contribution is -2.25. The van der Waals surface area contributed by atoms with Crippen LogP contribution in [0.2, 0.25) is 5.02 Å². The number of thiophene rings is 1. The summed E-state index contributed by atoms with van der Waals surface area (Å²) < 4.78 is 5.67. The Morgan fingerprint density at radius 3 is 2.90 bits per heavy atom. The fourth-order valence-electron chi connectivity index (χ4n) is 3.49. The molecule has 0 saturated carbocycles. The number of aromatic nitrogens is 2. The molecule has 0 bridgehead atoms. The number of rotatable bonds is 7. The molecule has 29 heavy (non-hydrogen) atoms. The molecule has 152 valence electrons. The van der Waals surface area contributed by atoms with E-state index in [1.54, 1.807) is 6.33 Å². The Hall–Kier alpha value is -2.22. The second-order valence-corrected chi connectivity index (χ2v) is 8.54. The van der Waals surface area contributed by atoms with Crippen LogP contribution in [0.1, 0.15) is 33.6 Å². The van der Waals surface area contributed by atoms with E-state index in [0.29, 0.717) is 23.0 Å². The Labute approximate surface area is 178 Å². The summed E-state index contributed by atoms with van der Waals surface area (Å²) in [7, 11) is 0. The maximum absolute atomic E-state index is 12.7. The number of nitrogens with one attached hydrogen (secondary N) is 2. The van der Waals surface area contributed by atoms with Gasteiger partial charge in [-0.25, -0.2) is 9.97 Å². The standard InChI is InChI=1S/C21H23ClN4O2S/c1-13-17-19(24-11-16-3-2-10-28-16)25-12-26-21(17)29-18(13)20(27)23-9-8-14-4-6-15(22)7-5-14/h4-7,12,16H,2-3,8-11H2,1H3,(H,23,27)(H,24,25,26). The van der Waals surface area contributed by atoms with Gasteiger partial charge in [-0.3, -0.25) is 4.79 Å². The topological polar surface area (TPSA) is 76.1 Å². The van der Waals surface area contributed by atoms with Crippen LogP contribution in [0.3, 0.4) is 0 Å². The van der Waals surface area contributed by atoms with Crippen LogP contribution in [0.25, 0.3) is 10.2 Å². The van der Waals surface area contributed by atoms with Crippen LogP contribution in [-0.4, -0.2) is 41.7 Å². The van der Waals surface area contributed by atoms with Crippen molar-refractivity contribution in [2.24, 2.45) is 0 Å². The van der Waals surface area contributed by atoms with Gasteiger partial charge in [0.15, 0.2) is 0 Å². The number of benzene rings is 1. The summed E-state index contributed by atoms with van der Waals surface area (Å²) in [4.78, 5) is 23.0. The first-order chi connectivity index (χ1) is 14.1. The van der Waals surface area contributed by atoms with E-state index in [9.17, 15) is 4.79 Å². The highest BCUT2D eigenvalue weighted by atomic mass is 35.5. The molecule has 1 atom stereocenters. The van der Waals surface area contributed by atoms with E-state index in [1.165, 1.54) is 11.3 Å². The molecule has 1 amide bonds. The van der Waals surface area contributed by atoms with Gasteiger partial charge in [0.05, 0.1) is 16.4 Å². The average Bonchev–Trinajstić information content (AvgIpc) is 3.36. The lowest BCUT2D eigenvalue weighted by Gasteiger charge is -2.12. The molecule has 0 spiro atoms. The first kappa shape index (κ1) is 20.1. The Morgan fingerprint density at radius 2 is 2.14 bits per heavy atom. The molecule has 3 heterocycles. The molecule has 8 heteroatoms. The average molecular weight is 431 g/mol. The molecule has 0 aliphatic carbocycles. The van der Waals surface area contributed by atoms with Crippen molar-refractivity contribution in [3.05, 3.63) is 51.6 Å². The Kier molecular flexibility index (Phi) is 6.28. The maximum Gasteiger partial charge on any atom is 0.261 e. The fourth-order valence-corrected chi connectivity index (χ4v) is 4.68. The van der Waals surface area contributed by atoms with Crippen molar-refractivity contribution in [3.8, 4) is 0 Å². The smallest absolute Gasteiger partial charge is 0.261 e. The lowest BCUT2D eigenvalue weighted by atomic mass is 10.1. The van der Waals surface area contributed by atoms with Crippen LogP contribution in [0.5, 0.6) is 0 Å². The van der Waals surface area contributed by atoms with E-state index < -0.39 is 0 Å². The summed E-state index contributed by atoms with van der Waals surface area (Å²) in [6.07, 6.45) is 4.67. The van der Waals surface area contributed by atoms with Crippen LogP contribution in [0.15, 0.2) is 30.6 Å². The van der Waals surface area contributed by atoms with Crippen molar-refractivity contribution >= 4 is 44.9 Å². The second kappa shape index (κ2) is 9.07. The number of hydrogen-bond acceptors (Lipinski definition) is 6. The highest BCUT2D eigenvalue weighted by Crippen LogP contribution is 2.33. The number of carbonyl (C=O) groups excluding carboxylic acids is 1. The molecule has 0 radical (unpaired) electrons. The van der Waals surface area contributed by atoms with Crippen molar-refractivity contribution in [1.82, 2.24) is 15.3 Å². The van der Waals surface area contributed by atoms with Gasteiger partial charge in [0, 0.05) is 24.7 Å². The van der Waals surface area contributed by atoms with Gasteiger partial charge in [0.1, 0.15) is 17.0 Å². The van der Waals surface area contributed by atoms with Crippen LogP contribution >= 0.6 is 22.9 Å². The monoisotopic (exact) mass is 430 g/mol. The molecule has 2 aromatic heterocycles. The minimum atomic E-state index is -0.0791. The zero-order valence-corrected chi connectivity index (χ0v) is 17.8. The number of amides is 1. The molecule has 2 N–H and O–H groups in total. The summed E-state index contributed by atoms with van der Waals surface area (Å²) >= 11 is 7.31. The highest BCUT2D eigenvalue weighted by Gasteiger charge is 2.20. The van der Waals surface area contributed by atoms with Gasteiger partial charge in [-0.15, -0.1) is 11.3 Å². The van der Waals surface area contributed by atoms with Crippen molar-refractivity contribution in [2.45, 2.75) is 32.3 Å². The molecular weight excluding hydrogens is 408 g/mol. The van der Waals surface area contributed by atoms with Crippen LogP contribution in [0, 0.1) is 6.92 Å². The zero-order chi connectivity index (χ0) is 20.2. The number of fused-ring (bicyclic) bond motifs is 1. The first-order valence-corrected chi connectivity index (χ1v) is 10.9. The number of aryl methyl sites for hydroxylation is 1. The van der Waals surface area contributed by atoms with Crippen LogP contribution < -0.4 is 10.6 Å². The van der Waals surface area contributed by atoms with Gasteiger partial charge in [-0.05, 0) is 49.4 Å². The number of anilines is 1. The molecular formula is C21H23ClN4O2S. The molecule has 1 unspecified atom stereocenters. The van der Waals surface area contributed by atoms with E-state index in [4.69, 9.17) is 16.3 Å². The number of nitrogens with zero attached hydrogens (tertiary/aromatic N) is 2. The molecule has 4 rings (SSSR count). The minimum absolute atomic E-state index is 0.0791. The normalized spacial score (nSPS) is 16.3. The third-order valence-electron chi connectivity index (χ3n) is 5.07. The van der Waals surface area contributed by atoms with E-state index in [-0.39, 0.29) is 12.0 Å². The van der Waals surface area contributed by atoms with E-state index in [0.717, 1.165) is 53.0 Å². The van der Waals surface area contributed by atoms with E-state index in [2.05, 4.69) is 20.6 Å². The Morgan fingerprint density at radius 1 is 1.31 bits per heavy atom. The molecule has 6 nitrogen and oxygen atoms in total. The van der Waals surface area contributed by atoms with E-state index in [1.807, 2.05) is 31.2 Å². The largest absolute Gasteiger partial charge is 0.376 e. The SMILES string of the molecule is Cc1c(C(=O)NCCc2ccc(Cl)cc2)sc2ncnc(NCC3CCCO3)c12. The van der Waals surface area contributed by atoms with Crippen molar-refractivity contribution in [3.63, 3.8) is 0 Å². The quantitative estimate of drug-likeness (QED) is 0.587. The third-order valence-corrected chi connectivity index (χ3v) is 6.52. The summed E-state index contributed by atoms with van der Waals surface area (Å²) in [6.45, 7) is 4.05. The van der Waals surface area contributed by atoms with Crippen molar-refractivity contribution in [2.75, 3.05) is 25.0 Å². The number of ether oxygens (including phenoxy) is 1. The predicted molar refractivity (Wildman–Crippen MR) is 117 cm³/mol. The predicted octanol–water partition coefficient (Wildman–Crippen LogP) is 4.22. The molecule has 1 fully saturated rings. The molecule has 3 aromatic rings. The second-order valence-electron chi connectivity index (χ2n) is 7.11. The number of hydrogen-bond donors (Lipinski definition) is 2. The van der Waals surface area contributed by atoms with Gasteiger partial charge in [-0.1, -0.05) is 23.7 Å². The first-order valence-electron chi connectivity index (χ1n) is 9.74. The van der Waals surface area contributed by atoms with E-state index >= 15 is 0 Å². The Balaban J connectivity index is 1.44. The van der Waals surface area contributed by atoms with Crippen molar-refractivity contribution < 1.29 is 9.53 Å². The van der Waals surface area contributed by atoms with Crippen molar-refractivity contribution in [1.29, 1.82) is 0 Å². The minimum Gasteiger partial charge on any atom is -0.376 e. The highest BCUT2D eigenvalue weighted by molar-refractivity contribution is 7.20. The number of carbonyl (C=O) groups is 1. The summed E-state index contributed by atoms with van der Waals surface area (Å²) in [5, 5.41) is 8.02. The molecule has 1 aliphatic heterocycles. The van der Waals surface area contributed by atoms with Gasteiger partial charge >= 0.3 is 0 Å². The summed E-state index contributed by atoms with van der Waals surface area (Å²) in [6, 6.07) is 7.67. The summed E-state index contributed by atoms with van der Waals surface area (Å²) in [5.41, 5.74) is 2.04. The van der Waals surface area contributed by atoms with Gasteiger partial charge < -0.3 is 15.4 Å². The molecule has 1 aromatic carbocycles. The van der Waals surface area contributed by atoms with Gasteiger partial charge in [0.25, 0.3) is 5.91 Å². The maximum atomic E-state index is 12.7.